The van der Waals surface area contributed by atoms with Crippen LogP contribution in [0.15, 0.2) is 24.3 Å². The molecule has 0 aromatic heterocycles. The fraction of sp³-hybridized carbons (Fsp3) is 0.588. The molecule has 114 valence electrons. The molecule has 2 unspecified atom stereocenters. The summed E-state index contributed by atoms with van der Waals surface area (Å²) in [6.45, 7) is 4.88. The largest absolute Gasteiger partial charge is 0.493 e. The van der Waals surface area contributed by atoms with Crippen molar-refractivity contribution in [2.45, 2.75) is 38.1 Å². The molecule has 2 atom stereocenters. The van der Waals surface area contributed by atoms with Crippen LogP contribution in [-0.2, 0) is 4.79 Å². The summed E-state index contributed by atoms with van der Waals surface area (Å²) in [6, 6.07) is 8.13. The second-order valence-corrected chi connectivity index (χ2v) is 6.11. The van der Waals surface area contributed by atoms with Crippen molar-refractivity contribution in [3.05, 3.63) is 29.8 Å². The van der Waals surface area contributed by atoms with Gasteiger partial charge in [-0.15, -0.1) is 0 Å². The highest BCUT2D eigenvalue weighted by atomic mass is 16.5. The van der Waals surface area contributed by atoms with Crippen LogP contribution in [0.3, 0.4) is 0 Å². The smallest absolute Gasteiger partial charge is 0.228 e. The molecule has 0 radical (unpaired) electrons. The van der Waals surface area contributed by atoms with E-state index in [-0.39, 0.29) is 17.9 Å². The van der Waals surface area contributed by atoms with Gasteiger partial charge in [0.15, 0.2) is 0 Å². The fourth-order valence-corrected chi connectivity index (χ4v) is 3.40. The number of amides is 1. The summed E-state index contributed by atoms with van der Waals surface area (Å²) in [5, 5.41) is 6.61. The molecule has 0 saturated carbocycles. The van der Waals surface area contributed by atoms with Gasteiger partial charge < -0.3 is 15.4 Å². The first-order chi connectivity index (χ1) is 10.3. The van der Waals surface area contributed by atoms with Crippen LogP contribution >= 0.6 is 0 Å². The van der Waals surface area contributed by atoms with E-state index in [1.807, 2.05) is 24.3 Å². The van der Waals surface area contributed by atoms with Crippen LogP contribution in [0.1, 0.15) is 37.7 Å². The molecule has 1 aromatic rings. The number of carbonyl (C=O) groups excluding carboxylic acids is 1. The van der Waals surface area contributed by atoms with E-state index >= 15 is 0 Å². The van der Waals surface area contributed by atoms with Crippen LogP contribution < -0.4 is 15.4 Å². The average molecular weight is 288 g/mol. The third kappa shape index (κ3) is 3.21. The van der Waals surface area contributed by atoms with E-state index < -0.39 is 0 Å². The minimum absolute atomic E-state index is 0.0703. The number of piperidine rings is 1. The topological polar surface area (TPSA) is 50.4 Å². The summed E-state index contributed by atoms with van der Waals surface area (Å²) in [4.78, 5) is 12.6. The van der Waals surface area contributed by atoms with Gasteiger partial charge in [0.25, 0.3) is 0 Å². The molecule has 2 aliphatic rings. The first kappa shape index (κ1) is 14.4. The molecule has 1 aromatic carbocycles. The Balaban J connectivity index is 1.66. The predicted octanol–water partition coefficient (Wildman–Crippen LogP) is 2.06. The van der Waals surface area contributed by atoms with Crippen LogP contribution in [0, 0.1) is 5.92 Å². The van der Waals surface area contributed by atoms with Gasteiger partial charge >= 0.3 is 0 Å². The molecular weight excluding hydrogens is 264 g/mol. The molecule has 4 heteroatoms. The molecule has 4 nitrogen and oxygen atoms in total. The maximum atomic E-state index is 12.6. The van der Waals surface area contributed by atoms with E-state index in [1.165, 1.54) is 0 Å². The lowest BCUT2D eigenvalue weighted by Gasteiger charge is -2.31. The van der Waals surface area contributed by atoms with Crippen molar-refractivity contribution in [3.8, 4) is 5.75 Å². The summed E-state index contributed by atoms with van der Waals surface area (Å²) in [5.41, 5.74) is 1.03. The second-order valence-electron chi connectivity index (χ2n) is 6.11. The van der Waals surface area contributed by atoms with Gasteiger partial charge in [0, 0.05) is 11.6 Å². The van der Waals surface area contributed by atoms with Gasteiger partial charge in [0.2, 0.25) is 5.91 Å². The van der Waals surface area contributed by atoms with Crippen molar-refractivity contribution in [1.82, 2.24) is 10.6 Å². The highest BCUT2D eigenvalue weighted by Gasteiger charge is 2.29. The molecule has 1 fully saturated rings. The molecule has 2 aliphatic heterocycles. The molecule has 2 N–H and O–H groups in total. The fourth-order valence-electron chi connectivity index (χ4n) is 3.40. The highest BCUT2D eigenvalue weighted by molar-refractivity contribution is 5.85. The third-order valence-electron chi connectivity index (χ3n) is 4.74. The normalized spacial score (nSPS) is 23.8. The first-order valence-electron chi connectivity index (χ1n) is 7.98. The van der Waals surface area contributed by atoms with E-state index in [1.54, 1.807) is 0 Å². The highest BCUT2D eigenvalue weighted by Crippen LogP contribution is 2.33. The number of carbonyl (C=O) groups is 1. The molecule has 1 saturated heterocycles. The third-order valence-corrected chi connectivity index (χ3v) is 4.74. The van der Waals surface area contributed by atoms with Crippen LogP contribution in [-0.4, -0.2) is 31.6 Å². The lowest BCUT2D eigenvalue weighted by atomic mass is 9.89. The van der Waals surface area contributed by atoms with Crippen molar-refractivity contribution in [2.75, 3.05) is 19.7 Å². The zero-order chi connectivity index (χ0) is 14.7. The molecule has 3 rings (SSSR count). The number of ether oxygens (including phenoxy) is 1. The summed E-state index contributed by atoms with van der Waals surface area (Å²) >= 11 is 0. The second kappa shape index (κ2) is 6.48. The molecule has 2 heterocycles. The predicted molar refractivity (Wildman–Crippen MR) is 82.5 cm³/mol. The van der Waals surface area contributed by atoms with Crippen molar-refractivity contribution in [1.29, 1.82) is 0 Å². The number of fused-ring (bicyclic) bond motifs is 1. The van der Waals surface area contributed by atoms with Gasteiger partial charge in [-0.2, -0.15) is 0 Å². The van der Waals surface area contributed by atoms with E-state index in [4.69, 9.17) is 4.74 Å². The maximum absolute atomic E-state index is 12.6. The van der Waals surface area contributed by atoms with Crippen molar-refractivity contribution < 1.29 is 9.53 Å². The molecule has 0 aliphatic carbocycles. The number of rotatable bonds is 3. The van der Waals surface area contributed by atoms with E-state index in [9.17, 15) is 4.79 Å². The maximum Gasteiger partial charge on any atom is 0.228 e. The van der Waals surface area contributed by atoms with Gasteiger partial charge in [-0.25, -0.2) is 0 Å². The zero-order valence-electron chi connectivity index (χ0n) is 12.6. The Bertz CT molecular complexity index is 497. The molecule has 21 heavy (non-hydrogen) atoms. The minimum Gasteiger partial charge on any atom is -0.493 e. The quantitative estimate of drug-likeness (QED) is 0.895. The summed E-state index contributed by atoms with van der Waals surface area (Å²) in [6.07, 6.45) is 3.05. The van der Waals surface area contributed by atoms with Gasteiger partial charge in [-0.05, 0) is 51.3 Å². The van der Waals surface area contributed by atoms with E-state index in [2.05, 4.69) is 17.6 Å². The molecule has 0 bridgehead atoms. The van der Waals surface area contributed by atoms with Crippen LogP contribution in [0.4, 0.5) is 0 Å². The Hall–Kier alpha value is -1.55. The Kier molecular flexibility index (Phi) is 4.44. The average Bonchev–Trinajstić information content (AvgIpc) is 2.55. The number of nitrogens with one attached hydrogen (secondary N) is 2. The van der Waals surface area contributed by atoms with Gasteiger partial charge in [0.05, 0.1) is 12.5 Å². The van der Waals surface area contributed by atoms with Gasteiger partial charge in [-0.3, -0.25) is 4.79 Å². The Labute approximate surface area is 126 Å². The van der Waals surface area contributed by atoms with Crippen molar-refractivity contribution >= 4 is 5.91 Å². The van der Waals surface area contributed by atoms with E-state index in [0.29, 0.717) is 12.5 Å². The summed E-state index contributed by atoms with van der Waals surface area (Å²) in [7, 11) is 0. The summed E-state index contributed by atoms with van der Waals surface area (Å²) < 4.78 is 5.64. The summed E-state index contributed by atoms with van der Waals surface area (Å²) in [5.74, 6) is 1.53. The van der Waals surface area contributed by atoms with Gasteiger partial charge in [0.1, 0.15) is 5.75 Å². The van der Waals surface area contributed by atoms with Crippen LogP contribution in [0.5, 0.6) is 5.75 Å². The first-order valence-corrected chi connectivity index (χ1v) is 7.98. The molecule has 1 amide bonds. The number of para-hydroxylation sites is 1. The lowest BCUT2D eigenvalue weighted by Crippen LogP contribution is -2.44. The Morgan fingerprint density at radius 3 is 2.86 bits per heavy atom. The van der Waals surface area contributed by atoms with Crippen LogP contribution in [0.25, 0.3) is 0 Å². The Morgan fingerprint density at radius 1 is 1.29 bits per heavy atom. The number of hydrogen-bond acceptors (Lipinski definition) is 3. The zero-order valence-corrected chi connectivity index (χ0v) is 12.6. The van der Waals surface area contributed by atoms with E-state index in [0.717, 1.165) is 43.7 Å². The number of benzene rings is 1. The molecular formula is C17H24N2O2. The minimum atomic E-state index is -0.0703. The van der Waals surface area contributed by atoms with Crippen molar-refractivity contribution in [2.24, 2.45) is 5.92 Å². The Morgan fingerprint density at radius 2 is 2.05 bits per heavy atom. The molecule has 0 spiro atoms. The number of hydrogen-bond donors (Lipinski definition) is 2. The van der Waals surface area contributed by atoms with Crippen LogP contribution in [0.2, 0.25) is 0 Å². The SMILES string of the molecule is CC(NC(=O)C1CCOc2ccccc21)C1CCNCC1. The standard InChI is InChI=1S/C17H24N2O2/c1-12(13-6-9-18-10-7-13)19-17(20)15-8-11-21-16-5-3-2-4-14(15)16/h2-5,12-13,15,18H,6-11H2,1H3,(H,19,20). The monoisotopic (exact) mass is 288 g/mol. The van der Waals surface area contributed by atoms with Crippen molar-refractivity contribution in [3.63, 3.8) is 0 Å². The lowest BCUT2D eigenvalue weighted by molar-refractivity contribution is -0.124. The van der Waals surface area contributed by atoms with Gasteiger partial charge in [-0.1, -0.05) is 18.2 Å².